The van der Waals surface area contributed by atoms with Crippen LogP contribution < -0.4 is 11.1 Å². The Bertz CT molecular complexity index is 833. The molecule has 5 heteroatoms. The van der Waals surface area contributed by atoms with E-state index in [2.05, 4.69) is 26.2 Å². The van der Waals surface area contributed by atoms with Crippen LogP contribution in [0.1, 0.15) is 5.56 Å². The molecule has 0 saturated carbocycles. The number of pyridine rings is 1. The molecule has 3 N–H and O–H groups in total. The molecule has 0 fully saturated rings. The van der Waals surface area contributed by atoms with Crippen LogP contribution in [0.15, 0.2) is 47.1 Å². The zero-order valence-corrected chi connectivity index (χ0v) is 12.9. The normalized spacial score (nSPS) is 10.8. The Balaban J connectivity index is 2.08. The van der Waals surface area contributed by atoms with Gasteiger partial charge in [0.15, 0.2) is 0 Å². The van der Waals surface area contributed by atoms with Gasteiger partial charge in [-0.05, 0) is 64.8 Å². The molecular formula is C16H13BrFN3. The van der Waals surface area contributed by atoms with Crippen LogP contribution in [0.25, 0.3) is 10.9 Å². The van der Waals surface area contributed by atoms with Crippen LogP contribution in [-0.4, -0.2) is 4.98 Å². The van der Waals surface area contributed by atoms with E-state index in [0.29, 0.717) is 11.3 Å². The molecule has 0 aliphatic heterocycles. The van der Waals surface area contributed by atoms with Crippen molar-refractivity contribution < 1.29 is 4.39 Å². The number of anilines is 3. The Morgan fingerprint density at radius 1 is 1.19 bits per heavy atom. The highest BCUT2D eigenvalue weighted by molar-refractivity contribution is 9.10. The Morgan fingerprint density at radius 3 is 2.76 bits per heavy atom. The monoisotopic (exact) mass is 345 g/mol. The summed E-state index contributed by atoms with van der Waals surface area (Å²) in [6.07, 6.45) is 1.73. The number of rotatable bonds is 2. The Kier molecular flexibility index (Phi) is 3.51. The number of nitrogens with one attached hydrogen (secondary N) is 1. The third-order valence-corrected chi connectivity index (χ3v) is 3.72. The van der Waals surface area contributed by atoms with Crippen LogP contribution in [0, 0.1) is 12.7 Å². The van der Waals surface area contributed by atoms with Crippen molar-refractivity contribution in [3.05, 3.63) is 58.4 Å². The summed E-state index contributed by atoms with van der Waals surface area (Å²) in [4.78, 5) is 4.41. The number of halogens is 2. The number of nitrogen functional groups attached to an aromatic ring is 1. The van der Waals surface area contributed by atoms with Crippen molar-refractivity contribution in [2.75, 3.05) is 11.1 Å². The lowest BCUT2D eigenvalue weighted by molar-refractivity contribution is 0.619. The molecule has 0 saturated heterocycles. The van der Waals surface area contributed by atoms with Gasteiger partial charge in [0.05, 0.1) is 11.2 Å². The van der Waals surface area contributed by atoms with E-state index in [-0.39, 0.29) is 5.82 Å². The van der Waals surface area contributed by atoms with Crippen molar-refractivity contribution in [3.8, 4) is 0 Å². The molecule has 1 heterocycles. The predicted octanol–water partition coefficient (Wildman–Crippen LogP) is 4.77. The topological polar surface area (TPSA) is 50.9 Å². The van der Waals surface area contributed by atoms with Gasteiger partial charge in [-0.1, -0.05) is 0 Å². The van der Waals surface area contributed by atoms with Gasteiger partial charge in [0.2, 0.25) is 0 Å². The van der Waals surface area contributed by atoms with Crippen LogP contribution in [-0.2, 0) is 0 Å². The van der Waals surface area contributed by atoms with Crippen molar-refractivity contribution in [2.24, 2.45) is 0 Å². The Hall–Kier alpha value is -2.14. The molecule has 3 nitrogen and oxygen atoms in total. The molecular weight excluding hydrogens is 333 g/mol. The minimum absolute atomic E-state index is 0.218. The smallest absolute Gasteiger partial charge is 0.126 e. The quantitative estimate of drug-likeness (QED) is 0.657. The van der Waals surface area contributed by atoms with E-state index in [1.54, 1.807) is 25.3 Å². The number of aromatic nitrogens is 1. The summed E-state index contributed by atoms with van der Waals surface area (Å²) in [5, 5.41) is 4.13. The van der Waals surface area contributed by atoms with Crippen molar-refractivity contribution in [1.29, 1.82) is 0 Å². The molecule has 0 atom stereocenters. The average Bonchev–Trinajstić information content (AvgIpc) is 2.46. The first-order valence-electron chi connectivity index (χ1n) is 6.41. The number of aryl methyl sites for hydroxylation is 1. The first-order valence-corrected chi connectivity index (χ1v) is 7.21. The van der Waals surface area contributed by atoms with Gasteiger partial charge in [-0.3, -0.25) is 4.98 Å². The number of benzene rings is 2. The van der Waals surface area contributed by atoms with Crippen molar-refractivity contribution in [2.45, 2.75) is 6.92 Å². The molecule has 0 aliphatic rings. The molecule has 1 aromatic heterocycles. The molecule has 0 aliphatic carbocycles. The van der Waals surface area contributed by atoms with E-state index in [1.807, 2.05) is 18.2 Å². The largest absolute Gasteiger partial charge is 0.398 e. The fourth-order valence-corrected chi connectivity index (χ4v) is 2.53. The van der Waals surface area contributed by atoms with E-state index in [4.69, 9.17) is 5.73 Å². The summed E-state index contributed by atoms with van der Waals surface area (Å²) in [6.45, 7) is 1.73. The lowest BCUT2D eigenvalue weighted by atomic mass is 10.1. The van der Waals surface area contributed by atoms with Gasteiger partial charge in [0.1, 0.15) is 5.82 Å². The first kappa shape index (κ1) is 13.8. The summed E-state index contributed by atoms with van der Waals surface area (Å²) in [5.41, 5.74) is 9.67. The maximum atomic E-state index is 13.3. The summed E-state index contributed by atoms with van der Waals surface area (Å²) >= 11 is 3.40. The maximum Gasteiger partial charge on any atom is 0.126 e. The number of hydrogen-bond donors (Lipinski definition) is 2. The number of hydrogen-bond acceptors (Lipinski definition) is 3. The molecule has 0 unspecified atom stereocenters. The molecule has 21 heavy (non-hydrogen) atoms. The summed E-state index contributed by atoms with van der Waals surface area (Å²) < 4.78 is 14.2. The Morgan fingerprint density at radius 2 is 2.00 bits per heavy atom. The third-order valence-electron chi connectivity index (χ3n) is 3.29. The average molecular weight is 346 g/mol. The van der Waals surface area contributed by atoms with Gasteiger partial charge in [-0.2, -0.15) is 0 Å². The van der Waals surface area contributed by atoms with Gasteiger partial charge in [-0.15, -0.1) is 0 Å². The molecule has 3 aromatic rings. The fraction of sp³-hybridized carbons (Fsp3) is 0.0625. The SMILES string of the molecule is Cc1cc(Nc2ccc(N)c3cc(Br)cnc23)ccc1F. The van der Waals surface area contributed by atoms with Crippen LogP contribution >= 0.6 is 15.9 Å². The standard InChI is InChI=1S/C16H13BrFN3/c1-9-6-11(2-3-13(9)18)21-15-5-4-14(19)12-7-10(17)8-20-16(12)15/h2-8,21H,19H2,1H3. The minimum atomic E-state index is -0.218. The minimum Gasteiger partial charge on any atom is -0.398 e. The van der Waals surface area contributed by atoms with Crippen molar-refractivity contribution in [1.82, 2.24) is 4.98 Å². The van der Waals surface area contributed by atoms with Crippen LogP contribution in [0.2, 0.25) is 0 Å². The first-order chi connectivity index (χ1) is 10.0. The summed E-state index contributed by atoms with van der Waals surface area (Å²) in [7, 11) is 0. The second-order valence-electron chi connectivity index (χ2n) is 4.84. The van der Waals surface area contributed by atoms with E-state index in [0.717, 1.165) is 26.8 Å². The number of nitrogens with two attached hydrogens (primary N) is 1. The van der Waals surface area contributed by atoms with Crippen molar-refractivity contribution in [3.63, 3.8) is 0 Å². The maximum absolute atomic E-state index is 13.3. The van der Waals surface area contributed by atoms with Crippen LogP contribution in [0.5, 0.6) is 0 Å². The molecule has 0 spiro atoms. The summed E-state index contributed by atoms with van der Waals surface area (Å²) in [6, 6.07) is 10.5. The van der Waals surface area contributed by atoms with E-state index >= 15 is 0 Å². The molecule has 106 valence electrons. The lowest BCUT2D eigenvalue weighted by Gasteiger charge is -2.11. The van der Waals surface area contributed by atoms with E-state index in [9.17, 15) is 4.39 Å². The predicted molar refractivity (Wildman–Crippen MR) is 88.3 cm³/mol. The molecule has 0 bridgehead atoms. The summed E-state index contributed by atoms with van der Waals surface area (Å²) in [5.74, 6) is -0.218. The van der Waals surface area contributed by atoms with E-state index < -0.39 is 0 Å². The lowest BCUT2D eigenvalue weighted by Crippen LogP contribution is -1.97. The van der Waals surface area contributed by atoms with Gasteiger partial charge in [-0.25, -0.2) is 4.39 Å². The van der Waals surface area contributed by atoms with Gasteiger partial charge in [0.25, 0.3) is 0 Å². The zero-order chi connectivity index (χ0) is 15.0. The highest BCUT2D eigenvalue weighted by Gasteiger charge is 2.07. The molecule has 0 amide bonds. The highest BCUT2D eigenvalue weighted by atomic mass is 79.9. The zero-order valence-electron chi connectivity index (χ0n) is 11.3. The van der Waals surface area contributed by atoms with Gasteiger partial charge >= 0.3 is 0 Å². The van der Waals surface area contributed by atoms with Crippen molar-refractivity contribution >= 4 is 43.9 Å². The second-order valence-corrected chi connectivity index (χ2v) is 5.76. The Labute approximate surface area is 130 Å². The number of nitrogens with zero attached hydrogens (tertiary/aromatic N) is 1. The number of fused-ring (bicyclic) bond motifs is 1. The van der Waals surface area contributed by atoms with Gasteiger partial charge in [0, 0.05) is 27.4 Å². The van der Waals surface area contributed by atoms with Gasteiger partial charge < -0.3 is 11.1 Å². The molecule has 3 rings (SSSR count). The fourth-order valence-electron chi connectivity index (χ4n) is 2.19. The highest BCUT2D eigenvalue weighted by Crippen LogP contribution is 2.31. The van der Waals surface area contributed by atoms with Crippen LogP contribution in [0.4, 0.5) is 21.5 Å². The molecule has 2 aromatic carbocycles. The second kappa shape index (κ2) is 5.33. The van der Waals surface area contributed by atoms with Crippen LogP contribution in [0.3, 0.4) is 0 Å². The molecule has 0 radical (unpaired) electrons. The van der Waals surface area contributed by atoms with E-state index in [1.165, 1.54) is 6.07 Å². The third kappa shape index (κ3) is 2.69.